The third-order valence-corrected chi connectivity index (χ3v) is 6.94. The molecule has 6 nitrogen and oxygen atoms in total. The van der Waals surface area contributed by atoms with Crippen LogP contribution in [0.3, 0.4) is 0 Å². The van der Waals surface area contributed by atoms with Crippen LogP contribution >= 0.6 is 23.2 Å². The molecule has 1 amide bonds. The van der Waals surface area contributed by atoms with Crippen LogP contribution in [-0.2, 0) is 19.5 Å². The average Bonchev–Trinajstić information content (AvgIpc) is 3.20. The van der Waals surface area contributed by atoms with Crippen LogP contribution < -0.4 is 10.1 Å². The van der Waals surface area contributed by atoms with Gasteiger partial charge in [-0.3, -0.25) is 9.47 Å². The lowest BCUT2D eigenvalue weighted by molar-refractivity contribution is -0.274. The molecule has 0 atom stereocenters. The van der Waals surface area contributed by atoms with Crippen LogP contribution in [0, 0.1) is 5.82 Å². The van der Waals surface area contributed by atoms with E-state index >= 15 is 0 Å². The van der Waals surface area contributed by atoms with Crippen molar-refractivity contribution in [3.8, 4) is 5.75 Å². The molecule has 0 fully saturated rings. The summed E-state index contributed by atoms with van der Waals surface area (Å²) in [5, 5.41) is 4.05. The van der Waals surface area contributed by atoms with Crippen molar-refractivity contribution in [1.82, 2.24) is 19.8 Å². The predicted molar refractivity (Wildman–Crippen MR) is 145 cm³/mol. The predicted octanol–water partition coefficient (Wildman–Crippen LogP) is 7.21. The van der Waals surface area contributed by atoms with Gasteiger partial charge in [0.05, 0.1) is 5.52 Å². The molecule has 12 heteroatoms. The lowest BCUT2D eigenvalue weighted by Gasteiger charge is -2.27. The highest BCUT2D eigenvalue weighted by molar-refractivity contribution is 6.30. The van der Waals surface area contributed by atoms with Crippen molar-refractivity contribution in [2.75, 3.05) is 13.1 Å². The number of hydrogen-bond acceptors (Lipinski definition) is 4. The fraction of sp³-hybridized carbons (Fsp3) is 0.214. The molecule has 0 unspecified atom stereocenters. The Morgan fingerprint density at radius 1 is 1.12 bits per heavy atom. The smallest absolute Gasteiger partial charge is 0.406 e. The van der Waals surface area contributed by atoms with Crippen LogP contribution in [0.15, 0.2) is 60.8 Å². The fourth-order valence-corrected chi connectivity index (χ4v) is 5.11. The second-order valence-corrected chi connectivity index (χ2v) is 10.0. The maximum Gasteiger partial charge on any atom is 0.573 e. The molecule has 5 rings (SSSR count). The Kier molecular flexibility index (Phi) is 8.02. The van der Waals surface area contributed by atoms with E-state index in [1.54, 1.807) is 30.3 Å². The third-order valence-electron chi connectivity index (χ3n) is 6.49. The van der Waals surface area contributed by atoms with E-state index in [1.165, 1.54) is 35.0 Å². The molecule has 0 bridgehead atoms. The Labute approximate surface area is 236 Å². The highest BCUT2D eigenvalue weighted by Gasteiger charge is 2.32. The van der Waals surface area contributed by atoms with E-state index < -0.39 is 24.0 Å². The van der Waals surface area contributed by atoms with Crippen molar-refractivity contribution in [3.05, 3.63) is 99.2 Å². The Morgan fingerprint density at radius 3 is 2.70 bits per heavy atom. The number of nitrogens with one attached hydrogen (secondary N) is 1. The van der Waals surface area contributed by atoms with Crippen LogP contribution in [0.2, 0.25) is 10.2 Å². The lowest BCUT2D eigenvalue weighted by atomic mass is 10.0. The van der Waals surface area contributed by atoms with Gasteiger partial charge in [-0.25, -0.2) is 14.2 Å². The van der Waals surface area contributed by atoms with Crippen LogP contribution in [0.1, 0.15) is 22.4 Å². The van der Waals surface area contributed by atoms with Gasteiger partial charge < -0.3 is 10.1 Å². The summed E-state index contributed by atoms with van der Waals surface area (Å²) in [5.74, 6) is -0.848. The first-order chi connectivity index (χ1) is 19.1. The van der Waals surface area contributed by atoms with Gasteiger partial charge in [0.25, 0.3) is 0 Å². The first-order valence-corrected chi connectivity index (χ1v) is 13.0. The summed E-state index contributed by atoms with van der Waals surface area (Å²) >= 11 is 11.8. The van der Waals surface area contributed by atoms with Crippen molar-refractivity contribution >= 4 is 46.2 Å². The van der Waals surface area contributed by atoms with Gasteiger partial charge in [-0.2, -0.15) is 0 Å². The number of hydrogen-bond donors (Lipinski definition) is 1. The molecular formula is C28H22Cl2F4N4O2. The number of alkyl halides is 3. The van der Waals surface area contributed by atoms with Crippen molar-refractivity contribution < 1.29 is 27.1 Å². The molecular weight excluding hydrogens is 571 g/mol. The second kappa shape index (κ2) is 11.5. The van der Waals surface area contributed by atoms with Gasteiger partial charge in [0.1, 0.15) is 16.7 Å². The fourth-order valence-electron chi connectivity index (χ4n) is 4.75. The maximum absolute atomic E-state index is 14.1. The van der Waals surface area contributed by atoms with Crippen LogP contribution in [0.4, 0.5) is 22.4 Å². The number of ether oxygens (including phenoxy) is 1. The molecule has 2 aromatic heterocycles. The summed E-state index contributed by atoms with van der Waals surface area (Å²) in [4.78, 5) is 19.4. The number of carbonyl (C=O) groups excluding carboxylic acids is 1. The summed E-state index contributed by atoms with van der Waals surface area (Å²) in [5.41, 5.74) is 2.96. The monoisotopic (exact) mass is 592 g/mol. The first kappa shape index (κ1) is 27.9. The number of amides is 1. The molecule has 1 N–H and O–H groups in total. The molecule has 2 aromatic carbocycles. The van der Waals surface area contributed by atoms with Crippen molar-refractivity contribution in [2.24, 2.45) is 0 Å². The largest absolute Gasteiger partial charge is 0.573 e. The zero-order valence-electron chi connectivity index (χ0n) is 20.8. The van der Waals surface area contributed by atoms with Crippen LogP contribution in [-0.4, -0.2) is 39.9 Å². The summed E-state index contributed by atoms with van der Waals surface area (Å²) in [7, 11) is 0. The number of nitrogens with zero attached hydrogens (tertiary/aromatic N) is 3. The normalized spacial score (nSPS) is 14.1. The standard InChI is InChI=1S/C28H22Cl2F4N4O2/c29-19-4-3-18(23(31)13-19)2-1-10-37-11-8-24-22(16-37)21-6-5-20(40-28(32,33)34)14-25(21)38(24)27(39)36-15-17-7-9-35-26(30)12-17/h1-7,9,12-14H,8,10-11,15-16H2,(H,36,39). The third kappa shape index (κ3) is 6.41. The van der Waals surface area contributed by atoms with Gasteiger partial charge in [0.15, 0.2) is 0 Å². The summed E-state index contributed by atoms with van der Waals surface area (Å²) in [6, 6.07) is 11.3. The van der Waals surface area contributed by atoms with E-state index in [-0.39, 0.29) is 11.7 Å². The number of halogens is 6. The van der Waals surface area contributed by atoms with Crippen molar-refractivity contribution in [2.45, 2.75) is 25.9 Å². The average molecular weight is 593 g/mol. The van der Waals surface area contributed by atoms with Gasteiger partial charge in [0.2, 0.25) is 0 Å². The molecule has 1 aliphatic rings. The molecule has 4 aromatic rings. The molecule has 40 heavy (non-hydrogen) atoms. The number of rotatable bonds is 6. The highest BCUT2D eigenvalue weighted by atomic mass is 35.5. The van der Waals surface area contributed by atoms with E-state index in [4.69, 9.17) is 23.2 Å². The summed E-state index contributed by atoms with van der Waals surface area (Å²) in [6.07, 6.45) is 0.613. The number of pyridine rings is 1. The van der Waals surface area contributed by atoms with E-state index in [9.17, 15) is 22.4 Å². The Balaban J connectivity index is 1.42. The molecule has 0 saturated heterocycles. The molecule has 0 spiro atoms. The molecule has 1 aliphatic heterocycles. The van der Waals surface area contributed by atoms with Crippen LogP contribution in [0.5, 0.6) is 5.75 Å². The van der Waals surface area contributed by atoms with Crippen molar-refractivity contribution in [3.63, 3.8) is 0 Å². The number of carbonyl (C=O) groups is 1. The Morgan fingerprint density at radius 2 is 1.95 bits per heavy atom. The molecule has 208 valence electrons. The van der Waals surface area contributed by atoms with Gasteiger partial charge in [-0.1, -0.05) is 41.4 Å². The van der Waals surface area contributed by atoms with Gasteiger partial charge in [0, 0.05) is 66.5 Å². The quantitative estimate of drug-likeness (QED) is 0.190. The van der Waals surface area contributed by atoms with E-state index in [0.29, 0.717) is 53.2 Å². The highest BCUT2D eigenvalue weighted by Crippen LogP contribution is 2.34. The van der Waals surface area contributed by atoms with Crippen LogP contribution in [0.25, 0.3) is 17.0 Å². The minimum Gasteiger partial charge on any atom is -0.406 e. The van der Waals surface area contributed by atoms with Gasteiger partial charge in [-0.15, -0.1) is 13.2 Å². The summed E-state index contributed by atoms with van der Waals surface area (Å²) in [6.45, 7) is 1.67. The van der Waals surface area contributed by atoms with Gasteiger partial charge >= 0.3 is 12.4 Å². The number of benzene rings is 2. The van der Waals surface area contributed by atoms with Crippen molar-refractivity contribution in [1.29, 1.82) is 0 Å². The van der Waals surface area contributed by atoms with E-state index in [0.717, 1.165) is 11.1 Å². The summed E-state index contributed by atoms with van der Waals surface area (Å²) < 4.78 is 58.5. The molecule has 0 saturated carbocycles. The topological polar surface area (TPSA) is 59.4 Å². The zero-order valence-corrected chi connectivity index (χ0v) is 22.3. The molecule has 0 radical (unpaired) electrons. The van der Waals surface area contributed by atoms with Gasteiger partial charge in [-0.05, 0) is 47.5 Å². The zero-order chi connectivity index (χ0) is 28.4. The Bertz CT molecular complexity index is 1600. The maximum atomic E-state index is 14.1. The second-order valence-electron chi connectivity index (χ2n) is 9.19. The molecule has 0 aliphatic carbocycles. The first-order valence-electron chi connectivity index (χ1n) is 12.2. The van der Waals surface area contributed by atoms with E-state index in [2.05, 4.69) is 19.9 Å². The minimum absolute atomic E-state index is 0.145. The van der Waals surface area contributed by atoms with E-state index in [1.807, 2.05) is 6.08 Å². The lowest BCUT2D eigenvalue weighted by Crippen LogP contribution is -2.34. The number of fused-ring (bicyclic) bond motifs is 3. The SMILES string of the molecule is O=C(NCc1ccnc(Cl)c1)n1c2c(c3ccc(OC(F)(F)F)cc31)CN(CC=Cc1ccc(Cl)cc1F)CC2. The Hall–Kier alpha value is -3.60. The number of aromatic nitrogens is 2. The minimum atomic E-state index is -4.87. The molecule has 3 heterocycles.